The van der Waals surface area contributed by atoms with Crippen molar-refractivity contribution in [1.82, 2.24) is 4.90 Å². The maximum absolute atomic E-state index is 13.2. The fourth-order valence-electron chi connectivity index (χ4n) is 2.40. The fourth-order valence-corrected chi connectivity index (χ4v) is 2.40. The van der Waals surface area contributed by atoms with Crippen LogP contribution in [0, 0.1) is 5.82 Å². The van der Waals surface area contributed by atoms with Gasteiger partial charge in [-0.25, -0.2) is 4.39 Å². The second kappa shape index (κ2) is 7.36. The van der Waals surface area contributed by atoms with Gasteiger partial charge in [0.1, 0.15) is 5.82 Å². The van der Waals surface area contributed by atoms with Crippen molar-refractivity contribution in [3.8, 4) is 0 Å². The van der Waals surface area contributed by atoms with Gasteiger partial charge in [0.05, 0.1) is 19.8 Å². The molecule has 0 aromatic heterocycles. The van der Waals surface area contributed by atoms with Gasteiger partial charge in [0.15, 0.2) is 0 Å². The minimum atomic E-state index is -0.292. The van der Waals surface area contributed by atoms with Crippen LogP contribution in [0.4, 0.5) is 4.39 Å². The second-order valence-corrected chi connectivity index (χ2v) is 5.01. The highest BCUT2D eigenvalue weighted by Gasteiger charge is 2.21. The molecular weight excluding hydrogens is 261 g/mol. The number of rotatable bonds is 6. The molecule has 5 heteroatoms. The van der Waals surface area contributed by atoms with Gasteiger partial charge in [0.25, 0.3) is 0 Å². The first-order chi connectivity index (χ1) is 9.67. The molecule has 0 bridgehead atoms. The Morgan fingerprint density at radius 2 is 2.40 bits per heavy atom. The van der Waals surface area contributed by atoms with E-state index in [9.17, 15) is 9.18 Å². The van der Waals surface area contributed by atoms with E-state index in [1.54, 1.807) is 6.07 Å². The molecule has 1 heterocycles. The molecule has 2 rings (SSSR count). The molecule has 1 aliphatic heterocycles. The summed E-state index contributed by atoms with van der Waals surface area (Å²) in [5.74, 6) is -0.558. The molecular formula is C15H20FNO3. The van der Waals surface area contributed by atoms with Crippen molar-refractivity contribution in [2.24, 2.45) is 0 Å². The lowest BCUT2D eigenvalue weighted by atomic mass is 10.2. The van der Waals surface area contributed by atoms with E-state index < -0.39 is 0 Å². The predicted molar refractivity (Wildman–Crippen MR) is 72.7 cm³/mol. The van der Waals surface area contributed by atoms with Crippen molar-refractivity contribution in [3.63, 3.8) is 0 Å². The summed E-state index contributed by atoms with van der Waals surface area (Å²) in [5.41, 5.74) is 0.840. The summed E-state index contributed by atoms with van der Waals surface area (Å²) in [4.78, 5) is 13.4. The van der Waals surface area contributed by atoms with E-state index in [2.05, 4.69) is 0 Å². The van der Waals surface area contributed by atoms with Crippen LogP contribution in [0.3, 0.4) is 0 Å². The maximum atomic E-state index is 13.2. The Labute approximate surface area is 118 Å². The summed E-state index contributed by atoms with van der Waals surface area (Å²) < 4.78 is 23.5. The third kappa shape index (κ3) is 4.58. The Balaban J connectivity index is 1.98. The van der Waals surface area contributed by atoms with Crippen molar-refractivity contribution in [2.75, 3.05) is 26.8 Å². The number of ether oxygens (including phenoxy) is 2. The van der Waals surface area contributed by atoms with Crippen LogP contribution in [0.2, 0.25) is 0 Å². The lowest BCUT2D eigenvalue weighted by molar-refractivity contribution is -0.142. The van der Waals surface area contributed by atoms with Gasteiger partial charge in [-0.15, -0.1) is 0 Å². The number of methoxy groups -OCH3 is 1. The number of hydrogen-bond donors (Lipinski definition) is 0. The van der Waals surface area contributed by atoms with Gasteiger partial charge in [0, 0.05) is 19.7 Å². The van der Waals surface area contributed by atoms with E-state index >= 15 is 0 Å². The third-order valence-corrected chi connectivity index (χ3v) is 3.36. The van der Waals surface area contributed by atoms with E-state index in [0.29, 0.717) is 13.1 Å². The van der Waals surface area contributed by atoms with Crippen LogP contribution < -0.4 is 0 Å². The van der Waals surface area contributed by atoms with Gasteiger partial charge in [-0.05, 0) is 30.5 Å². The van der Waals surface area contributed by atoms with E-state index in [1.165, 1.54) is 19.2 Å². The molecule has 1 aromatic carbocycles. The zero-order chi connectivity index (χ0) is 14.4. The average Bonchev–Trinajstić information content (AvgIpc) is 2.91. The molecule has 0 spiro atoms. The minimum Gasteiger partial charge on any atom is -0.468 e. The third-order valence-electron chi connectivity index (χ3n) is 3.36. The molecule has 1 aliphatic rings. The minimum absolute atomic E-state index is 0.146. The van der Waals surface area contributed by atoms with Gasteiger partial charge in [-0.2, -0.15) is 0 Å². The molecule has 0 saturated carbocycles. The Morgan fingerprint density at radius 3 is 3.05 bits per heavy atom. The van der Waals surface area contributed by atoms with Crippen molar-refractivity contribution in [2.45, 2.75) is 25.5 Å². The first kappa shape index (κ1) is 14.9. The highest BCUT2D eigenvalue weighted by atomic mass is 19.1. The molecule has 4 nitrogen and oxygen atoms in total. The van der Waals surface area contributed by atoms with E-state index in [0.717, 1.165) is 25.0 Å². The van der Waals surface area contributed by atoms with E-state index in [1.807, 2.05) is 11.0 Å². The van der Waals surface area contributed by atoms with Crippen molar-refractivity contribution in [3.05, 3.63) is 35.6 Å². The van der Waals surface area contributed by atoms with Gasteiger partial charge in [0.2, 0.25) is 0 Å². The summed E-state index contributed by atoms with van der Waals surface area (Å²) in [6.07, 6.45) is 2.20. The monoisotopic (exact) mass is 281 g/mol. The highest BCUT2D eigenvalue weighted by molar-refractivity contribution is 5.71. The normalized spacial score (nSPS) is 18.4. The molecule has 1 aromatic rings. The first-order valence-electron chi connectivity index (χ1n) is 6.82. The van der Waals surface area contributed by atoms with Crippen molar-refractivity contribution >= 4 is 5.97 Å². The maximum Gasteiger partial charge on any atom is 0.319 e. The summed E-state index contributed by atoms with van der Waals surface area (Å²) in [6, 6.07) is 6.42. The summed E-state index contributed by atoms with van der Waals surface area (Å²) in [6.45, 7) is 2.13. The average molecular weight is 281 g/mol. The summed E-state index contributed by atoms with van der Waals surface area (Å²) in [7, 11) is 1.37. The summed E-state index contributed by atoms with van der Waals surface area (Å²) in [5, 5.41) is 0. The van der Waals surface area contributed by atoms with Crippen LogP contribution in [0.1, 0.15) is 18.4 Å². The Hall–Kier alpha value is -1.46. The van der Waals surface area contributed by atoms with Crippen LogP contribution in [0.25, 0.3) is 0 Å². The van der Waals surface area contributed by atoms with Crippen LogP contribution in [0.5, 0.6) is 0 Å². The Kier molecular flexibility index (Phi) is 5.49. The molecule has 0 N–H and O–H groups in total. The molecule has 20 heavy (non-hydrogen) atoms. The smallest absolute Gasteiger partial charge is 0.319 e. The number of halogens is 1. The van der Waals surface area contributed by atoms with Crippen LogP contribution in [0.15, 0.2) is 24.3 Å². The quantitative estimate of drug-likeness (QED) is 0.747. The first-order valence-corrected chi connectivity index (χ1v) is 6.82. The lowest BCUT2D eigenvalue weighted by Crippen LogP contribution is -2.36. The molecule has 1 atom stereocenters. The molecule has 110 valence electrons. The van der Waals surface area contributed by atoms with Crippen LogP contribution in [-0.2, 0) is 20.8 Å². The molecule has 0 aliphatic carbocycles. The Morgan fingerprint density at radius 1 is 1.55 bits per heavy atom. The molecule has 1 fully saturated rings. The number of esters is 1. The van der Waals surface area contributed by atoms with Gasteiger partial charge < -0.3 is 9.47 Å². The van der Waals surface area contributed by atoms with Crippen molar-refractivity contribution < 1.29 is 18.7 Å². The number of nitrogens with zero attached hydrogens (tertiary/aromatic N) is 1. The van der Waals surface area contributed by atoms with Gasteiger partial charge in [-0.3, -0.25) is 9.69 Å². The highest BCUT2D eigenvalue weighted by Crippen LogP contribution is 2.15. The van der Waals surface area contributed by atoms with E-state index in [-0.39, 0.29) is 24.4 Å². The topological polar surface area (TPSA) is 38.8 Å². The SMILES string of the molecule is COC(=O)CN(Cc1cccc(F)c1)CC1CCCO1. The second-order valence-electron chi connectivity index (χ2n) is 5.01. The largest absolute Gasteiger partial charge is 0.468 e. The van der Waals surface area contributed by atoms with Gasteiger partial charge in [-0.1, -0.05) is 12.1 Å². The van der Waals surface area contributed by atoms with Gasteiger partial charge >= 0.3 is 5.97 Å². The molecule has 1 unspecified atom stereocenters. The standard InChI is InChI=1S/C15H20FNO3/c1-19-15(18)11-17(10-14-6-3-7-20-14)9-12-4-2-5-13(16)8-12/h2,4-5,8,14H,3,6-7,9-11H2,1H3. The zero-order valence-corrected chi connectivity index (χ0v) is 11.7. The lowest BCUT2D eigenvalue weighted by Gasteiger charge is -2.24. The number of carbonyl (C=O) groups is 1. The molecule has 0 amide bonds. The van der Waals surface area contributed by atoms with Crippen LogP contribution >= 0.6 is 0 Å². The van der Waals surface area contributed by atoms with Crippen molar-refractivity contribution in [1.29, 1.82) is 0 Å². The zero-order valence-electron chi connectivity index (χ0n) is 11.7. The fraction of sp³-hybridized carbons (Fsp3) is 0.533. The summed E-state index contributed by atoms with van der Waals surface area (Å²) >= 11 is 0. The van der Waals surface area contributed by atoms with Crippen LogP contribution in [-0.4, -0.2) is 43.8 Å². The number of hydrogen-bond acceptors (Lipinski definition) is 4. The number of benzene rings is 1. The predicted octanol–water partition coefficient (Wildman–Crippen LogP) is 1.98. The molecule has 1 saturated heterocycles. The number of carbonyl (C=O) groups excluding carboxylic acids is 1. The Bertz CT molecular complexity index is 446. The molecule has 0 radical (unpaired) electrons. The van der Waals surface area contributed by atoms with E-state index in [4.69, 9.17) is 9.47 Å².